The van der Waals surface area contributed by atoms with Crippen molar-refractivity contribution in [3.8, 4) is 0 Å². The van der Waals surface area contributed by atoms with Crippen LogP contribution in [0.1, 0.15) is 59.3 Å². The van der Waals surface area contributed by atoms with Crippen molar-refractivity contribution < 1.29 is 0 Å². The Bertz CT molecular complexity index is 261. The monoisotopic (exact) mass is 253 g/mol. The highest BCUT2D eigenvalue weighted by Gasteiger charge is 2.24. The summed E-state index contributed by atoms with van der Waals surface area (Å²) < 4.78 is 0. The summed E-state index contributed by atoms with van der Waals surface area (Å²) in [4.78, 5) is 9.77. The van der Waals surface area contributed by atoms with Crippen molar-refractivity contribution in [2.75, 3.05) is 27.2 Å². The van der Waals surface area contributed by atoms with Gasteiger partial charge in [0.1, 0.15) is 0 Å². The fourth-order valence-corrected chi connectivity index (χ4v) is 2.47. The standard InChI is InChI=1S/C15H31N3/c1-6-8-11-15(3,7-2)16-14-17(4)12-9-10-13-18(14)5/h6-13H2,1-5H3. The number of rotatable bonds is 5. The molecule has 18 heavy (non-hydrogen) atoms. The maximum Gasteiger partial charge on any atom is 0.196 e. The summed E-state index contributed by atoms with van der Waals surface area (Å²) in [5.74, 6) is 1.19. The number of nitrogens with zero attached hydrogens (tertiary/aromatic N) is 3. The zero-order valence-corrected chi connectivity index (χ0v) is 13.0. The zero-order chi connectivity index (χ0) is 13.6. The highest BCUT2D eigenvalue weighted by molar-refractivity contribution is 5.80. The first-order chi connectivity index (χ1) is 8.52. The van der Waals surface area contributed by atoms with E-state index in [1.165, 1.54) is 38.1 Å². The van der Waals surface area contributed by atoms with Crippen molar-refractivity contribution >= 4 is 5.96 Å². The quantitative estimate of drug-likeness (QED) is 0.748. The number of guanidine groups is 1. The van der Waals surface area contributed by atoms with Crippen LogP contribution in [0.2, 0.25) is 0 Å². The van der Waals surface area contributed by atoms with Crippen LogP contribution in [0.4, 0.5) is 0 Å². The molecule has 1 saturated heterocycles. The second kappa shape index (κ2) is 7.01. The van der Waals surface area contributed by atoms with E-state index in [9.17, 15) is 0 Å². The van der Waals surface area contributed by atoms with Gasteiger partial charge in [0.2, 0.25) is 0 Å². The van der Waals surface area contributed by atoms with Crippen molar-refractivity contribution in [1.82, 2.24) is 9.80 Å². The molecule has 0 amide bonds. The molecule has 0 aliphatic carbocycles. The first-order valence-corrected chi connectivity index (χ1v) is 7.54. The van der Waals surface area contributed by atoms with Crippen molar-refractivity contribution in [1.29, 1.82) is 0 Å². The largest absolute Gasteiger partial charge is 0.346 e. The van der Waals surface area contributed by atoms with Crippen LogP contribution in [0.25, 0.3) is 0 Å². The fraction of sp³-hybridized carbons (Fsp3) is 0.933. The van der Waals surface area contributed by atoms with E-state index in [4.69, 9.17) is 4.99 Å². The Morgan fingerprint density at radius 3 is 2.11 bits per heavy atom. The molecule has 0 aromatic carbocycles. The van der Waals surface area contributed by atoms with E-state index in [0.717, 1.165) is 19.5 Å². The molecular weight excluding hydrogens is 222 g/mol. The molecule has 1 atom stereocenters. The van der Waals surface area contributed by atoms with Crippen LogP contribution < -0.4 is 0 Å². The Labute approximate surface area is 113 Å². The molecule has 0 N–H and O–H groups in total. The molecule has 0 bridgehead atoms. The number of hydrogen-bond donors (Lipinski definition) is 0. The molecule has 1 aliphatic rings. The van der Waals surface area contributed by atoms with Crippen LogP contribution in [-0.2, 0) is 0 Å². The Hall–Kier alpha value is -0.730. The SMILES string of the molecule is CCCCC(C)(CC)N=C1N(C)CCCCN1C. The average Bonchev–Trinajstić information content (AvgIpc) is 2.51. The second-order valence-corrected chi connectivity index (χ2v) is 5.92. The van der Waals surface area contributed by atoms with Crippen LogP contribution in [-0.4, -0.2) is 48.5 Å². The molecule has 1 aliphatic heterocycles. The summed E-state index contributed by atoms with van der Waals surface area (Å²) in [5.41, 5.74) is 0.109. The molecule has 0 radical (unpaired) electrons. The molecule has 3 heteroatoms. The summed E-state index contributed by atoms with van der Waals surface area (Å²) >= 11 is 0. The van der Waals surface area contributed by atoms with Crippen LogP contribution in [0.15, 0.2) is 4.99 Å². The van der Waals surface area contributed by atoms with Crippen LogP contribution in [0.3, 0.4) is 0 Å². The summed E-state index contributed by atoms with van der Waals surface area (Å²) in [6.07, 6.45) is 7.40. The third-order valence-electron chi connectivity index (χ3n) is 4.12. The van der Waals surface area contributed by atoms with Gasteiger partial charge in [0.05, 0.1) is 5.54 Å². The Balaban J connectivity index is 2.86. The van der Waals surface area contributed by atoms with Gasteiger partial charge in [0.25, 0.3) is 0 Å². The molecular formula is C15H31N3. The lowest BCUT2D eigenvalue weighted by atomic mass is 9.93. The maximum atomic E-state index is 5.11. The van der Waals surface area contributed by atoms with Gasteiger partial charge in [-0.1, -0.05) is 26.7 Å². The van der Waals surface area contributed by atoms with Gasteiger partial charge in [-0.2, -0.15) is 0 Å². The van der Waals surface area contributed by atoms with Gasteiger partial charge in [-0.25, -0.2) is 4.99 Å². The van der Waals surface area contributed by atoms with Crippen molar-refractivity contribution in [2.24, 2.45) is 4.99 Å². The lowest BCUT2D eigenvalue weighted by Crippen LogP contribution is -2.41. The molecule has 0 aromatic heterocycles. The molecule has 1 rings (SSSR count). The Morgan fingerprint density at radius 1 is 1.11 bits per heavy atom. The minimum atomic E-state index is 0.109. The Kier molecular flexibility index (Phi) is 5.97. The summed E-state index contributed by atoms with van der Waals surface area (Å²) in [7, 11) is 4.35. The van der Waals surface area contributed by atoms with E-state index >= 15 is 0 Å². The molecule has 3 nitrogen and oxygen atoms in total. The van der Waals surface area contributed by atoms with Gasteiger partial charge in [-0.05, 0) is 32.6 Å². The van der Waals surface area contributed by atoms with Crippen molar-refractivity contribution in [2.45, 2.75) is 64.8 Å². The van der Waals surface area contributed by atoms with Crippen molar-refractivity contribution in [3.63, 3.8) is 0 Å². The fourth-order valence-electron chi connectivity index (χ4n) is 2.47. The molecule has 0 spiro atoms. The van der Waals surface area contributed by atoms with Gasteiger partial charge in [-0.3, -0.25) is 0 Å². The minimum absolute atomic E-state index is 0.109. The molecule has 1 unspecified atom stereocenters. The van der Waals surface area contributed by atoms with Crippen LogP contribution in [0.5, 0.6) is 0 Å². The summed E-state index contributed by atoms with van der Waals surface area (Å²) in [5, 5.41) is 0. The lowest BCUT2D eigenvalue weighted by molar-refractivity contribution is 0.369. The van der Waals surface area contributed by atoms with E-state index in [1.54, 1.807) is 0 Å². The minimum Gasteiger partial charge on any atom is -0.346 e. The first-order valence-electron chi connectivity index (χ1n) is 7.54. The summed E-state index contributed by atoms with van der Waals surface area (Å²) in [6, 6.07) is 0. The molecule has 1 fully saturated rings. The highest BCUT2D eigenvalue weighted by atomic mass is 15.4. The average molecular weight is 253 g/mol. The van der Waals surface area contributed by atoms with Gasteiger partial charge < -0.3 is 9.80 Å². The third-order valence-corrected chi connectivity index (χ3v) is 4.12. The van der Waals surface area contributed by atoms with E-state index in [1.807, 2.05) is 0 Å². The number of hydrogen-bond acceptors (Lipinski definition) is 1. The van der Waals surface area contributed by atoms with Gasteiger partial charge in [0, 0.05) is 27.2 Å². The van der Waals surface area contributed by atoms with Crippen LogP contribution in [0, 0.1) is 0 Å². The molecule has 0 aromatic rings. The summed E-state index contributed by atoms with van der Waals surface area (Å²) in [6.45, 7) is 9.10. The van der Waals surface area contributed by atoms with Gasteiger partial charge >= 0.3 is 0 Å². The maximum absolute atomic E-state index is 5.11. The number of aliphatic imine (C=N–C) groups is 1. The molecule has 1 heterocycles. The predicted molar refractivity (Wildman–Crippen MR) is 80.2 cm³/mol. The van der Waals surface area contributed by atoms with E-state index in [0.29, 0.717) is 0 Å². The van der Waals surface area contributed by atoms with E-state index < -0.39 is 0 Å². The number of unbranched alkanes of at least 4 members (excludes halogenated alkanes) is 1. The van der Waals surface area contributed by atoms with Gasteiger partial charge in [0.15, 0.2) is 5.96 Å². The predicted octanol–water partition coefficient (Wildman–Crippen LogP) is 3.36. The molecule has 106 valence electrons. The highest BCUT2D eigenvalue weighted by Crippen LogP contribution is 2.24. The normalized spacial score (nSPS) is 20.6. The van der Waals surface area contributed by atoms with Gasteiger partial charge in [-0.15, -0.1) is 0 Å². The zero-order valence-electron chi connectivity index (χ0n) is 13.0. The second-order valence-electron chi connectivity index (χ2n) is 5.92. The molecule has 0 saturated carbocycles. The van der Waals surface area contributed by atoms with Crippen LogP contribution >= 0.6 is 0 Å². The third kappa shape index (κ3) is 4.18. The van der Waals surface area contributed by atoms with E-state index in [2.05, 4.69) is 44.7 Å². The first kappa shape index (κ1) is 15.3. The Morgan fingerprint density at radius 2 is 1.67 bits per heavy atom. The lowest BCUT2D eigenvalue weighted by Gasteiger charge is -2.31. The van der Waals surface area contributed by atoms with E-state index in [-0.39, 0.29) is 5.54 Å². The topological polar surface area (TPSA) is 18.8 Å². The van der Waals surface area contributed by atoms with Crippen molar-refractivity contribution in [3.05, 3.63) is 0 Å². The smallest absolute Gasteiger partial charge is 0.196 e.